The lowest BCUT2D eigenvalue weighted by atomic mass is 9.99. The molecule has 2 nitrogen and oxygen atoms in total. The number of hydrogen-bond donors (Lipinski definition) is 0. The number of esters is 1. The Morgan fingerprint density at radius 2 is 0.712 bits per heavy atom. The molecule has 0 N–H and O–H groups in total. The fraction of sp³-hybridized carbons (Fsp3) is 0.940. The van der Waals surface area contributed by atoms with Crippen molar-refractivity contribution in [3.8, 4) is 0 Å². The molecule has 0 aliphatic heterocycles. The summed E-state index contributed by atoms with van der Waals surface area (Å²) in [6, 6.07) is 0. The Kier molecular flexibility index (Phi) is 45.7. The highest BCUT2D eigenvalue weighted by Gasteiger charge is 2.03. The van der Waals surface area contributed by atoms with Gasteiger partial charge in [0, 0.05) is 6.42 Å². The van der Waals surface area contributed by atoms with Crippen molar-refractivity contribution in [1.29, 1.82) is 0 Å². The third-order valence-electron chi connectivity index (χ3n) is 11.7. The van der Waals surface area contributed by atoms with Gasteiger partial charge < -0.3 is 4.74 Å². The average Bonchev–Trinajstić information content (AvgIpc) is 3.15. The zero-order valence-electron chi connectivity index (χ0n) is 36.5. The van der Waals surface area contributed by atoms with E-state index < -0.39 is 0 Å². The van der Waals surface area contributed by atoms with Crippen LogP contribution in [0, 0.1) is 5.92 Å². The number of hydrogen-bond acceptors (Lipinski definition) is 2. The second-order valence-corrected chi connectivity index (χ2v) is 17.0. The Morgan fingerprint density at radius 3 is 1.08 bits per heavy atom. The Bertz CT molecular complexity index is 684. The van der Waals surface area contributed by atoms with Crippen LogP contribution < -0.4 is 0 Å². The largest absolute Gasteiger partial charge is 0.466 e. The van der Waals surface area contributed by atoms with E-state index in [0.29, 0.717) is 13.0 Å². The summed E-state index contributed by atoms with van der Waals surface area (Å²) in [5.41, 5.74) is 0. The molecule has 0 amide bonds. The van der Waals surface area contributed by atoms with E-state index in [2.05, 4.69) is 32.9 Å². The molecule has 310 valence electrons. The van der Waals surface area contributed by atoms with Crippen molar-refractivity contribution in [2.45, 2.75) is 290 Å². The average molecular weight is 731 g/mol. The molecule has 0 saturated heterocycles. The lowest BCUT2D eigenvalue weighted by Crippen LogP contribution is -2.05. The molecular formula is C50H98O2. The summed E-state index contributed by atoms with van der Waals surface area (Å²) in [5.74, 6) is 0.964. The minimum atomic E-state index is 0.0274. The first kappa shape index (κ1) is 51.2. The van der Waals surface area contributed by atoms with Crippen molar-refractivity contribution in [2.24, 2.45) is 5.92 Å². The van der Waals surface area contributed by atoms with E-state index in [9.17, 15) is 4.79 Å². The summed E-state index contributed by atoms with van der Waals surface area (Å²) < 4.78 is 5.49. The molecule has 52 heavy (non-hydrogen) atoms. The van der Waals surface area contributed by atoms with E-state index in [1.54, 1.807) is 0 Å². The van der Waals surface area contributed by atoms with Crippen LogP contribution >= 0.6 is 0 Å². The highest BCUT2D eigenvalue weighted by atomic mass is 16.5. The van der Waals surface area contributed by atoms with Crippen LogP contribution in [0.1, 0.15) is 290 Å². The quantitative estimate of drug-likeness (QED) is 0.0354. The van der Waals surface area contributed by atoms with Gasteiger partial charge in [0.25, 0.3) is 0 Å². The van der Waals surface area contributed by atoms with Gasteiger partial charge in [-0.2, -0.15) is 0 Å². The second-order valence-electron chi connectivity index (χ2n) is 17.0. The molecule has 0 saturated carbocycles. The van der Waals surface area contributed by atoms with E-state index in [0.717, 1.165) is 18.8 Å². The monoisotopic (exact) mass is 731 g/mol. The zero-order chi connectivity index (χ0) is 37.7. The second kappa shape index (κ2) is 46.4. The summed E-state index contributed by atoms with van der Waals surface area (Å²) in [5, 5.41) is 0. The summed E-state index contributed by atoms with van der Waals surface area (Å²) in [6.45, 7) is 7.63. The first-order valence-electron chi connectivity index (χ1n) is 24.5. The molecule has 0 rings (SSSR count). The van der Waals surface area contributed by atoms with Crippen molar-refractivity contribution in [3.63, 3.8) is 0 Å². The highest BCUT2D eigenvalue weighted by molar-refractivity contribution is 5.69. The van der Waals surface area contributed by atoms with Crippen LogP contribution in [-0.4, -0.2) is 12.6 Å². The van der Waals surface area contributed by atoms with Crippen molar-refractivity contribution in [3.05, 3.63) is 12.2 Å². The maximum Gasteiger partial charge on any atom is 0.305 e. The van der Waals surface area contributed by atoms with Gasteiger partial charge in [0.2, 0.25) is 0 Å². The first-order valence-corrected chi connectivity index (χ1v) is 24.5. The molecule has 0 aromatic rings. The molecule has 1 atom stereocenters. The molecule has 0 fully saturated rings. The van der Waals surface area contributed by atoms with Gasteiger partial charge in [-0.25, -0.2) is 0 Å². The molecule has 2 heteroatoms. The minimum absolute atomic E-state index is 0.0274. The SMILES string of the molecule is CCCCCCC=CCCCCCCCCCCCC(=O)OCCCCCCCCCCCCCCCCCCCCCCCCCCC(C)CC. The van der Waals surface area contributed by atoms with Gasteiger partial charge in [0.15, 0.2) is 0 Å². The minimum Gasteiger partial charge on any atom is -0.466 e. The zero-order valence-corrected chi connectivity index (χ0v) is 36.5. The number of carbonyl (C=O) groups is 1. The van der Waals surface area contributed by atoms with Crippen molar-refractivity contribution >= 4 is 5.97 Å². The van der Waals surface area contributed by atoms with Gasteiger partial charge in [0.1, 0.15) is 0 Å². The molecule has 0 heterocycles. The van der Waals surface area contributed by atoms with Crippen LogP contribution in [0.3, 0.4) is 0 Å². The Labute approximate surface area is 329 Å². The van der Waals surface area contributed by atoms with E-state index in [1.165, 1.54) is 250 Å². The van der Waals surface area contributed by atoms with Crippen molar-refractivity contribution in [1.82, 2.24) is 0 Å². The Hall–Kier alpha value is -0.790. The standard InChI is InChI=1S/C50H98O2/c1-4-6-7-8-9-10-11-12-13-22-26-29-32-35-38-41-44-47-50(51)52-48-45-42-39-36-33-30-27-24-21-19-17-15-14-16-18-20-23-25-28-31-34-37-40-43-46-49(3)5-2/h10-11,49H,4-9,12-48H2,1-3H3. The number of carbonyl (C=O) groups excluding carboxylic acids is 1. The maximum absolute atomic E-state index is 12.0. The molecule has 0 bridgehead atoms. The number of unbranched alkanes of at least 4 members (excludes halogenated alkanes) is 36. The molecular weight excluding hydrogens is 633 g/mol. The van der Waals surface area contributed by atoms with Crippen molar-refractivity contribution < 1.29 is 9.53 Å². The predicted octanol–water partition coefficient (Wildman–Crippen LogP) is 18.1. The molecule has 0 aliphatic carbocycles. The normalized spacial score (nSPS) is 12.3. The van der Waals surface area contributed by atoms with Crippen LogP contribution in [0.25, 0.3) is 0 Å². The van der Waals surface area contributed by atoms with E-state index >= 15 is 0 Å². The van der Waals surface area contributed by atoms with Crippen LogP contribution in [-0.2, 0) is 9.53 Å². The lowest BCUT2D eigenvalue weighted by molar-refractivity contribution is -0.143. The van der Waals surface area contributed by atoms with Crippen LogP contribution in [0.15, 0.2) is 12.2 Å². The fourth-order valence-electron chi connectivity index (χ4n) is 7.64. The van der Waals surface area contributed by atoms with E-state index in [-0.39, 0.29) is 5.97 Å². The van der Waals surface area contributed by atoms with E-state index in [1.807, 2.05) is 0 Å². The molecule has 0 spiro atoms. The van der Waals surface area contributed by atoms with Crippen LogP contribution in [0.2, 0.25) is 0 Å². The smallest absolute Gasteiger partial charge is 0.305 e. The molecule has 0 radical (unpaired) electrons. The summed E-state index contributed by atoms with van der Waals surface area (Å²) in [6.07, 6.45) is 61.9. The molecule has 0 aromatic heterocycles. The summed E-state index contributed by atoms with van der Waals surface area (Å²) in [7, 11) is 0. The lowest BCUT2D eigenvalue weighted by Gasteiger charge is -2.07. The summed E-state index contributed by atoms with van der Waals surface area (Å²) >= 11 is 0. The Balaban J connectivity index is 3.16. The Morgan fingerprint density at radius 1 is 0.404 bits per heavy atom. The van der Waals surface area contributed by atoms with E-state index in [4.69, 9.17) is 4.74 Å². The van der Waals surface area contributed by atoms with Gasteiger partial charge in [-0.05, 0) is 44.4 Å². The third-order valence-corrected chi connectivity index (χ3v) is 11.7. The van der Waals surface area contributed by atoms with Gasteiger partial charge in [0.05, 0.1) is 6.61 Å². The van der Waals surface area contributed by atoms with Gasteiger partial charge in [-0.15, -0.1) is 0 Å². The third kappa shape index (κ3) is 45.4. The summed E-state index contributed by atoms with van der Waals surface area (Å²) in [4.78, 5) is 12.0. The van der Waals surface area contributed by atoms with Gasteiger partial charge >= 0.3 is 5.97 Å². The topological polar surface area (TPSA) is 26.3 Å². The van der Waals surface area contributed by atoms with Gasteiger partial charge in [-0.3, -0.25) is 4.79 Å². The van der Waals surface area contributed by atoms with Crippen LogP contribution in [0.4, 0.5) is 0 Å². The predicted molar refractivity (Wildman–Crippen MR) is 235 cm³/mol. The molecule has 1 unspecified atom stereocenters. The maximum atomic E-state index is 12.0. The van der Waals surface area contributed by atoms with Crippen LogP contribution in [0.5, 0.6) is 0 Å². The van der Waals surface area contributed by atoms with Gasteiger partial charge in [-0.1, -0.05) is 258 Å². The highest BCUT2D eigenvalue weighted by Crippen LogP contribution is 2.18. The molecule has 0 aromatic carbocycles. The number of rotatable bonds is 45. The fourth-order valence-corrected chi connectivity index (χ4v) is 7.64. The molecule has 0 aliphatic rings. The number of ether oxygens (including phenoxy) is 1. The van der Waals surface area contributed by atoms with Crippen molar-refractivity contribution in [2.75, 3.05) is 6.61 Å². The number of allylic oxidation sites excluding steroid dienone is 2. The first-order chi connectivity index (χ1) is 25.7.